The summed E-state index contributed by atoms with van der Waals surface area (Å²) in [6.07, 6.45) is 0.725. The van der Waals surface area contributed by atoms with E-state index in [4.69, 9.17) is 5.73 Å². The van der Waals surface area contributed by atoms with Crippen LogP contribution in [0.1, 0.15) is 25.8 Å². The third kappa shape index (κ3) is 5.33. The Bertz CT molecular complexity index is 535. The predicted octanol–water partition coefficient (Wildman–Crippen LogP) is 2.83. The maximum absolute atomic E-state index is 12.4. The van der Waals surface area contributed by atoms with Gasteiger partial charge in [0.15, 0.2) is 0 Å². The number of nitrogens with one attached hydrogen (secondary N) is 1. The lowest BCUT2D eigenvalue weighted by Gasteiger charge is -2.19. The van der Waals surface area contributed by atoms with Crippen LogP contribution in [0.15, 0.2) is 27.6 Å². The Morgan fingerprint density at radius 1 is 1.35 bits per heavy atom. The molecule has 0 saturated heterocycles. The SMILES string of the molecule is Cc1c(Br)cccc1S(=O)(=O)NC(CN)CC(C)C.Cl. The summed E-state index contributed by atoms with van der Waals surface area (Å²) in [5, 5.41) is 0. The van der Waals surface area contributed by atoms with Crippen molar-refractivity contribution in [2.24, 2.45) is 11.7 Å². The number of nitrogens with two attached hydrogens (primary N) is 1. The first-order valence-corrected chi connectivity index (χ1v) is 8.53. The summed E-state index contributed by atoms with van der Waals surface area (Å²) >= 11 is 3.35. The van der Waals surface area contributed by atoms with Crippen LogP contribution in [-0.2, 0) is 10.0 Å². The van der Waals surface area contributed by atoms with Gasteiger partial charge in [-0.15, -0.1) is 12.4 Å². The lowest BCUT2D eigenvalue weighted by molar-refractivity contribution is 0.465. The Labute approximate surface area is 136 Å². The van der Waals surface area contributed by atoms with E-state index in [0.29, 0.717) is 22.9 Å². The van der Waals surface area contributed by atoms with Gasteiger partial charge in [0.1, 0.15) is 0 Å². The molecular formula is C13H22BrClN2O2S. The first-order valence-electron chi connectivity index (χ1n) is 6.25. The van der Waals surface area contributed by atoms with Crippen molar-refractivity contribution in [1.82, 2.24) is 4.72 Å². The Morgan fingerprint density at radius 3 is 2.45 bits per heavy atom. The lowest BCUT2D eigenvalue weighted by atomic mass is 10.1. The molecule has 1 unspecified atom stereocenters. The molecule has 0 aromatic heterocycles. The zero-order valence-electron chi connectivity index (χ0n) is 11.9. The van der Waals surface area contributed by atoms with Crippen LogP contribution in [0.4, 0.5) is 0 Å². The van der Waals surface area contributed by atoms with Crippen molar-refractivity contribution in [2.75, 3.05) is 6.54 Å². The third-order valence-corrected chi connectivity index (χ3v) is 5.39. The van der Waals surface area contributed by atoms with Gasteiger partial charge in [-0.1, -0.05) is 35.8 Å². The summed E-state index contributed by atoms with van der Waals surface area (Å²) < 4.78 is 28.2. The van der Waals surface area contributed by atoms with Crippen LogP contribution in [0.5, 0.6) is 0 Å². The molecule has 0 heterocycles. The maximum atomic E-state index is 12.4. The monoisotopic (exact) mass is 384 g/mol. The van der Waals surface area contributed by atoms with Gasteiger partial charge in [0.2, 0.25) is 10.0 Å². The van der Waals surface area contributed by atoms with Crippen LogP contribution < -0.4 is 10.5 Å². The molecule has 116 valence electrons. The van der Waals surface area contributed by atoms with Gasteiger partial charge in [-0.05, 0) is 37.0 Å². The van der Waals surface area contributed by atoms with Crippen LogP contribution in [0, 0.1) is 12.8 Å². The third-order valence-electron chi connectivity index (χ3n) is 2.87. The van der Waals surface area contributed by atoms with Crippen molar-refractivity contribution < 1.29 is 8.42 Å². The van der Waals surface area contributed by atoms with Crippen LogP contribution in [0.3, 0.4) is 0 Å². The normalized spacial score (nSPS) is 13.1. The molecule has 20 heavy (non-hydrogen) atoms. The summed E-state index contributed by atoms with van der Waals surface area (Å²) in [5.41, 5.74) is 6.34. The molecule has 0 aliphatic heterocycles. The number of hydrogen-bond donors (Lipinski definition) is 2. The van der Waals surface area contributed by atoms with Crippen molar-refractivity contribution in [3.05, 3.63) is 28.2 Å². The average Bonchev–Trinajstić information content (AvgIpc) is 2.30. The molecule has 1 aromatic rings. The quantitative estimate of drug-likeness (QED) is 0.791. The molecule has 0 bridgehead atoms. The maximum Gasteiger partial charge on any atom is 0.241 e. The first-order chi connectivity index (χ1) is 8.77. The Hall–Kier alpha value is -0.140. The molecular weight excluding hydrogens is 364 g/mol. The molecule has 0 aliphatic rings. The smallest absolute Gasteiger partial charge is 0.241 e. The Kier molecular flexibility index (Phi) is 8.28. The Morgan fingerprint density at radius 2 is 1.95 bits per heavy atom. The summed E-state index contributed by atoms with van der Waals surface area (Å²) in [7, 11) is -3.53. The first kappa shape index (κ1) is 19.9. The van der Waals surface area contributed by atoms with Crippen molar-refractivity contribution in [3.8, 4) is 0 Å². The Balaban J connectivity index is 0.00000361. The van der Waals surface area contributed by atoms with Crippen molar-refractivity contribution in [3.63, 3.8) is 0 Å². The fourth-order valence-electron chi connectivity index (χ4n) is 1.92. The highest BCUT2D eigenvalue weighted by Gasteiger charge is 2.22. The fraction of sp³-hybridized carbons (Fsp3) is 0.538. The lowest BCUT2D eigenvalue weighted by Crippen LogP contribution is -2.41. The molecule has 0 radical (unpaired) electrons. The van der Waals surface area contributed by atoms with Crippen LogP contribution >= 0.6 is 28.3 Å². The van der Waals surface area contributed by atoms with E-state index in [1.54, 1.807) is 19.1 Å². The van der Waals surface area contributed by atoms with Crippen LogP contribution in [0.25, 0.3) is 0 Å². The van der Waals surface area contributed by atoms with Crippen LogP contribution in [0.2, 0.25) is 0 Å². The molecule has 7 heteroatoms. The van der Waals surface area contributed by atoms with Crippen molar-refractivity contribution >= 4 is 38.4 Å². The number of sulfonamides is 1. The minimum atomic E-state index is -3.53. The highest BCUT2D eigenvalue weighted by Crippen LogP contribution is 2.23. The molecule has 3 N–H and O–H groups in total. The zero-order valence-corrected chi connectivity index (χ0v) is 15.1. The van der Waals surface area contributed by atoms with E-state index in [-0.39, 0.29) is 18.4 Å². The second-order valence-electron chi connectivity index (χ2n) is 5.05. The second-order valence-corrected chi connectivity index (χ2v) is 7.58. The standard InChI is InChI=1S/C13H21BrN2O2S.ClH/c1-9(2)7-11(8-15)16-19(17,18)13-6-4-5-12(14)10(13)3;/h4-6,9,11,16H,7-8,15H2,1-3H3;1H. The van der Waals surface area contributed by atoms with E-state index in [0.717, 1.165) is 10.9 Å². The molecule has 1 atom stereocenters. The average molecular weight is 386 g/mol. The summed E-state index contributed by atoms with van der Waals surface area (Å²) in [4.78, 5) is 0.295. The van der Waals surface area contributed by atoms with Gasteiger partial charge in [-0.3, -0.25) is 0 Å². The van der Waals surface area contributed by atoms with E-state index >= 15 is 0 Å². The topological polar surface area (TPSA) is 72.2 Å². The van der Waals surface area contributed by atoms with Gasteiger partial charge in [0.05, 0.1) is 4.90 Å². The van der Waals surface area contributed by atoms with E-state index in [2.05, 4.69) is 20.7 Å². The molecule has 0 amide bonds. The molecule has 1 rings (SSSR count). The molecule has 0 saturated carbocycles. The van der Waals surface area contributed by atoms with Crippen LogP contribution in [-0.4, -0.2) is 21.0 Å². The minimum Gasteiger partial charge on any atom is -0.329 e. The van der Waals surface area contributed by atoms with Gasteiger partial charge in [0, 0.05) is 17.1 Å². The summed E-state index contributed by atoms with van der Waals surface area (Å²) in [6, 6.07) is 4.91. The van der Waals surface area contributed by atoms with Gasteiger partial charge >= 0.3 is 0 Å². The molecule has 0 aliphatic carbocycles. The second kappa shape index (κ2) is 8.34. The minimum absolute atomic E-state index is 0. The highest BCUT2D eigenvalue weighted by atomic mass is 79.9. The molecule has 0 fully saturated rings. The predicted molar refractivity (Wildman–Crippen MR) is 88.7 cm³/mol. The molecule has 4 nitrogen and oxygen atoms in total. The van der Waals surface area contributed by atoms with Gasteiger partial charge in [-0.25, -0.2) is 13.1 Å². The number of halogens is 2. The molecule has 0 spiro atoms. The van der Waals surface area contributed by atoms with Gasteiger partial charge in [-0.2, -0.15) is 0 Å². The number of benzene rings is 1. The van der Waals surface area contributed by atoms with E-state index < -0.39 is 10.0 Å². The summed E-state index contributed by atoms with van der Waals surface area (Å²) in [6.45, 7) is 6.16. The van der Waals surface area contributed by atoms with Crippen molar-refractivity contribution in [2.45, 2.75) is 38.1 Å². The van der Waals surface area contributed by atoms with E-state index in [9.17, 15) is 8.42 Å². The number of rotatable bonds is 6. The van der Waals surface area contributed by atoms with E-state index in [1.807, 2.05) is 19.9 Å². The zero-order chi connectivity index (χ0) is 14.6. The number of hydrogen-bond acceptors (Lipinski definition) is 3. The highest BCUT2D eigenvalue weighted by molar-refractivity contribution is 9.10. The summed E-state index contributed by atoms with van der Waals surface area (Å²) in [5.74, 6) is 0.389. The van der Waals surface area contributed by atoms with Gasteiger partial charge < -0.3 is 5.73 Å². The van der Waals surface area contributed by atoms with E-state index in [1.165, 1.54) is 0 Å². The van der Waals surface area contributed by atoms with Crippen molar-refractivity contribution in [1.29, 1.82) is 0 Å². The fourth-order valence-corrected chi connectivity index (χ4v) is 3.95. The molecule has 1 aromatic carbocycles. The van der Waals surface area contributed by atoms with Gasteiger partial charge in [0.25, 0.3) is 0 Å². The largest absolute Gasteiger partial charge is 0.329 e.